The highest BCUT2D eigenvalue weighted by atomic mass is 35.5. The predicted octanol–water partition coefficient (Wildman–Crippen LogP) is 2.09. The van der Waals surface area contributed by atoms with Crippen LogP contribution in [0.25, 0.3) is 0 Å². The standard InChI is InChI=1S/C11H17ClN2O2/c1-11(2,3)9(15)5-8-7(12)6-13-10(14-8)16-4/h6,9,15H,5H2,1-4H3. The first-order chi connectivity index (χ1) is 7.34. The SMILES string of the molecule is COc1ncc(Cl)c(CC(O)C(C)(C)C)n1. The zero-order chi connectivity index (χ0) is 12.3. The summed E-state index contributed by atoms with van der Waals surface area (Å²) in [6.07, 6.45) is 1.36. The zero-order valence-electron chi connectivity index (χ0n) is 9.99. The molecule has 16 heavy (non-hydrogen) atoms. The van der Waals surface area contributed by atoms with Crippen molar-refractivity contribution in [1.82, 2.24) is 9.97 Å². The first kappa shape index (κ1) is 13.2. The minimum Gasteiger partial charge on any atom is -0.467 e. The molecule has 90 valence electrons. The van der Waals surface area contributed by atoms with Crippen LogP contribution in [0, 0.1) is 5.41 Å². The van der Waals surface area contributed by atoms with Gasteiger partial charge in [-0.05, 0) is 5.41 Å². The summed E-state index contributed by atoms with van der Waals surface area (Å²) < 4.78 is 4.91. The molecule has 1 N–H and O–H groups in total. The molecular formula is C11H17ClN2O2. The molecule has 0 aromatic carbocycles. The Morgan fingerprint density at radius 1 is 1.50 bits per heavy atom. The van der Waals surface area contributed by atoms with Gasteiger partial charge in [-0.2, -0.15) is 4.98 Å². The second-order valence-corrected chi connectivity index (χ2v) is 5.14. The molecule has 1 unspecified atom stereocenters. The van der Waals surface area contributed by atoms with Gasteiger partial charge < -0.3 is 9.84 Å². The molecule has 1 aromatic heterocycles. The molecule has 1 heterocycles. The van der Waals surface area contributed by atoms with E-state index in [1.165, 1.54) is 13.3 Å². The fraction of sp³-hybridized carbons (Fsp3) is 0.636. The maximum Gasteiger partial charge on any atom is 0.316 e. The van der Waals surface area contributed by atoms with Crippen LogP contribution in [0.2, 0.25) is 5.02 Å². The third kappa shape index (κ3) is 3.32. The second-order valence-electron chi connectivity index (χ2n) is 4.74. The Hall–Kier alpha value is -0.870. The Morgan fingerprint density at radius 2 is 2.12 bits per heavy atom. The number of hydrogen-bond donors (Lipinski definition) is 1. The van der Waals surface area contributed by atoms with E-state index in [2.05, 4.69) is 9.97 Å². The van der Waals surface area contributed by atoms with E-state index in [4.69, 9.17) is 16.3 Å². The number of ether oxygens (including phenoxy) is 1. The summed E-state index contributed by atoms with van der Waals surface area (Å²) in [7, 11) is 1.49. The molecule has 1 rings (SSSR count). The van der Waals surface area contributed by atoms with Gasteiger partial charge in [0, 0.05) is 6.42 Å². The lowest BCUT2D eigenvalue weighted by molar-refractivity contribution is 0.0626. The van der Waals surface area contributed by atoms with E-state index in [1.807, 2.05) is 20.8 Å². The molecule has 1 atom stereocenters. The van der Waals surface area contributed by atoms with E-state index < -0.39 is 6.10 Å². The Balaban J connectivity index is 2.88. The van der Waals surface area contributed by atoms with Crippen molar-refractivity contribution in [2.45, 2.75) is 33.3 Å². The number of hydrogen-bond acceptors (Lipinski definition) is 4. The number of aliphatic hydroxyl groups is 1. The quantitative estimate of drug-likeness (QED) is 0.885. The predicted molar refractivity (Wildman–Crippen MR) is 62.8 cm³/mol. The molecule has 0 fully saturated rings. The number of methoxy groups -OCH3 is 1. The highest BCUT2D eigenvalue weighted by Gasteiger charge is 2.24. The van der Waals surface area contributed by atoms with Gasteiger partial charge in [-0.3, -0.25) is 0 Å². The van der Waals surface area contributed by atoms with E-state index in [0.717, 1.165) is 0 Å². The Kier molecular flexibility index (Phi) is 4.10. The van der Waals surface area contributed by atoms with Gasteiger partial charge in [0.2, 0.25) is 0 Å². The molecule has 0 amide bonds. The monoisotopic (exact) mass is 244 g/mol. The third-order valence-corrected chi connectivity index (χ3v) is 2.68. The third-order valence-electron chi connectivity index (χ3n) is 2.36. The summed E-state index contributed by atoms with van der Waals surface area (Å²) in [5, 5.41) is 10.4. The molecule has 4 nitrogen and oxygen atoms in total. The molecule has 0 spiro atoms. The summed E-state index contributed by atoms with van der Waals surface area (Å²) >= 11 is 5.96. The van der Waals surface area contributed by atoms with Crippen molar-refractivity contribution in [3.05, 3.63) is 16.9 Å². The molecular weight excluding hydrogens is 228 g/mol. The van der Waals surface area contributed by atoms with E-state index in [0.29, 0.717) is 17.1 Å². The van der Waals surface area contributed by atoms with Gasteiger partial charge in [0.25, 0.3) is 0 Å². The largest absolute Gasteiger partial charge is 0.467 e. The van der Waals surface area contributed by atoms with Gasteiger partial charge in [-0.1, -0.05) is 32.4 Å². The van der Waals surface area contributed by atoms with E-state index in [-0.39, 0.29) is 11.4 Å². The number of aromatic nitrogens is 2. The van der Waals surface area contributed by atoms with Gasteiger partial charge >= 0.3 is 6.01 Å². The van der Waals surface area contributed by atoms with Crippen LogP contribution in [0.15, 0.2) is 6.20 Å². The molecule has 1 aromatic rings. The molecule has 0 bridgehead atoms. The van der Waals surface area contributed by atoms with Crippen LogP contribution >= 0.6 is 11.6 Å². The smallest absolute Gasteiger partial charge is 0.316 e. The maximum absolute atomic E-state index is 9.97. The summed E-state index contributed by atoms with van der Waals surface area (Å²) in [6, 6.07) is 0.264. The Morgan fingerprint density at radius 3 is 2.62 bits per heavy atom. The highest BCUT2D eigenvalue weighted by Crippen LogP contribution is 2.25. The molecule has 0 radical (unpaired) electrons. The molecule has 0 aliphatic carbocycles. The van der Waals surface area contributed by atoms with Gasteiger partial charge in [0.05, 0.1) is 30.1 Å². The minimum atomic E-state index is -0.510. The lowest BCUT2D eigenvalue weighted by atomic mass is 9.86. The normalized spacial score (nSPS) is 13.6. The summed E-state index contributed by atoms with van der Waals surface area (Å²) in [5.41, 5.74) is 0.401. The number of nitrogens with zero attached hydrogens (tertiary/aromatic N) is 2. The van der Waals surface area contributed by atoms with Crippen LogP contribution in [-0.2, 0) is 6.42 Å². The van der Waals surface area contributed by atoms with Crippen molar-refractivity contribution in [2.75, 3.05) is 7.11 Å². The molecule has 5 heteroatoms. The molecule has 0 aliphatic rings. The lowest BCUT2D eigenvalue weighted by Crippen LogP contribution is -2.28. The maximum atomic E-state index is 9.97. The van der Waals surface area contributed by atoms with Gasteiger partial charge in [0.1, 0.15) is 0 Å². The fourth-order valence-electron chi connectivity index (χ4n) is 1.11. The summed E-state index contributed by atoms with van der Waals surface area (Å²) in [6.45, 7) is 5.89. The summed E-state index contributed by atoms with van der Waals surface area (Å²) in [5.74, 6) is 0. The fourth-order valence-corrected chi connectivity index (χ4v) is 1.28. The van der Waals surface area contributed by atoms with Gasteiger partial charge in [-0.25, -0.2) is 4.98 Å². The summed E-state index contributed by atoms with van der Waals surface area (Å²) in [4.78, 5) is 8.00. The van der Waals surface area contributed by atoms with E-state index >= 15 is 0 Å². The molecule has 0 saturated heterocycles. The first-order valence-electron chi connectivity index (χ1n) is 5.08. The highest BCUT2D eigenvalue weighted by molar-refractivity contribution is 6.31. The van der Waals surface area contributed by atoms with Crippen molar-refractivity contribution in [1.29, 1.82) is 0 Å². The van der Waals surface area contributed by atoms with Crippen LogP contribution < -0.4 is 4.74 Å². The lowest BCUT2D eigenvalue weighted by Gasteiger charge is -2.25. The average molecular weight is 245 g/mol. The van der Waals surface area contributed by atoms with Crippen LogP contribution in [0.5, 0.6) is 6.01 Å². The van der Waals surface area contributed by atoms with Crippen molar-refractivity contribution < 1.29 is 9.84 Å². The number of rotatable bonds is 3. The van der Waals surface area contributed by atoms with Crippen LogP contribution in [0.3, 0.4) is 0 Å². The van der Waals surface area contributed by atoms with Crippen LogP contribution in [0.1, 0.15) is 26.5 Å². The van der Waals surface area contributed by atoms with Crippen molar-refractivity contribution in [2.24, 2.45) is 5.41 Å². The van der Waals surface area contributed by atoms with Crippen molar-refractivity contribution >= 4 is 11.6 Å². The van der Waals surface area contributed by atoms with Crippen molar-refractivity contribution in [3.63, 3.8) is 0 Å². The zero-order valence-corrected chi connectivity index (χ0v) is 10.7. The number of halogens is 1. The average Bonchev–Trinajstić information content (AvgIpc) is 2.19. The number of aliphatic hydroxyl groups excluding tert-OH is 1. The Bertz CT molecular complexity index is 363. The molecule has 0 aliphatic heterocycles. The van der Waals surface area contributed by atoms with Crippen LogP contribution in [0.4, 0.5) is 0 Å². The van der Waals surface area contributed by atoms with Crippen LogP contribution in [-0.4, -0.2) is 28.3 Å². The van der Waals surface area contributed by atoms with Gasteiger partial charge in [-0.15, -0.1) is 0 Å². The van der Waals surface area contributed by atoms with E-state index in [9.17, 15) is 5.11 Å². The van der Waals surface area contributed by atoms with Crippen molar-refractivity contribution in [3.8, 4) is 6.01 Å². The topological polar surface area (TPSA) is 55.2 Å². The molecule has 0 saturated carbocycles. The first-order valence-corrected chi connectivity index (χ1v) is 5.46. The van der Waals surface area contributed by atoms with E-state index in [1.54, 1.807) is 0 Å². The Labute approximate surface area is 101 Å². The minimum absolute atomic E-state index is 0.207. The second kappa shape index (κ2) is 4.97. The van der Waals surface area contributed by atoms with Gasteiger partial charge in [0.15, 0.2) is 0 Å².